The summed E-state index contributed by atoms with van der Waals surface area (Å²) < 4.78 is 25.9. The second kappa shape index (κ2) is 4.33. The first-order valence-electron chi connectivity index (χ1n) is 4.39. The molecule has 2 N–H and O–H groups in total. The monoisotopic (exact) mass is 197 g/mol. The largest absolute Gasteiger partial charge is 0.324 e. The molecule has 0 amide bonds. The van der Waals surface area contributed by atoms with Crippen molar-refractivity contribution in [1.29, 1.82) is 0 Å². The molecule has 0 aliphatic heterocycles. The third-order valence-corrected chi connectivity index (χ3v) is 2.06. The molecule has 0 aromatic heterocycles. The van der Waals surface area contributed by atoms with Crippen LogP contribution in [-0.2, 0) is 0 Å². The summed E-state index contributed by atoms with van der Waals surface area (Å²) in [5, 5.41) is 0. The highest BCUT2D eigenvalue weighted by atomic mass is 19.1. The topological polar surface area (TPSA) is 26.0 Å². The summed E-state index contributed by atoms with van der Waals surface area (Å²) in [6.45, 7) is 3.58. The lowest BCUT2D eigenvalue weighted by Gasteiger charge is -2.05. The number of benzene rings is 1. The van der Waals surface area contributed by atoms with Gasteiger partial charge in [0.15, 0.2) is 0 Å². The molecule has 1 nitrogen and oxygen atoms in total. The lowest BCUT2D eigenvalue weighted by Crippen LogP contribution is -2.15. The summed E-state index contributed by atoms with van der Waals surface area (Å²) in [6, 6.07) is 3.20. The number of rotatable bonds is 2. The highest BCUT2D eigenvalue weighted by Crippen LogP contribution is 2.14. The average Bonchev–Trinajstić information content (AvgIpc) is 2.11. The molecular formula is C11H13F2N. The second-order valence-corrected chi connectivity index (χ2v) is 3.34. The van der Waals surface area contributed by atoms with E-state index in [4.69, 9.17) is 5.73 Å². The van der Waals surface area contributed by atoms with Gasteiger partial charge in [-0.2, -0.15) is 0 Å². The molecule has 0 fully saturated rings. The second-order valence-electron chi connectivity index (χ2n) is 3.34. The Morgan fingerprint density at radius 2 is 2.07 bits per heavy atom. The summed E-state index contributed by atoms with van der Waals surface area (Å²) in [5.74, 6) is -0.887. The van der Waals surface area contributed by atoms with Crippen molar-refractivity contribution in [3.8, 4) is 0 Å². The number of nitrogens with two attached hydrogens (primary N) is 1. The first-order valence-corrected chi connectivity index (χ1v) is 4.39. The van der Waals surface area contributed by atoms with E-state index in [0.29, 0.717) is 0 Å². The molecule has 0 aliphatic rings. The summed E-state index contributed by atoms with van der Waals surface area (Å²) in [7, 11) is 0. The van der Waals surface area contributed by atoms with Crippen molar-refractivity contribution in [3.05, 3.63) is 41.0 Å². The van der Waals surface area contributed by atoms with Crippen LogP contribution < -0.4 is 5.73 Å². The van der Waals surface area contributed by atoms with Crippen LogP contribution in [-0.4, -0.2) is 6.04 Å². The van der Waals surface area contributed by atoms with Gasteiger partial charge in [0.05, 0.1) is 0 Å². The van der Waals surface area contributed by atoms with Crippen molar-refractivity contribution >= 4 is 6.08 Å². The Kier molecular flexibility index (Phi) is 3.36. The van der Waals surface area contributed by atoms with Crippen LogP contribution in [0.5, 0.6) is 0 Å². The van der Waals surface area contributed by atoms with Gasteiger partial charge in [-0.25, -0.2) is 8.78 Å². The molecule has 0 saturated carbocycles. The zero-order chi connectivity index (χ0) is 10.7. The van der Waals surface area contributed by atoms with E-state index in [2.05, 4.69) is 0 Å². The van der Waals surface area contributed by atoms with Gasteiger partial charge >= 0.3 is 0 Å². The molecule has 1 unspecified atom stereocenters. The third kappa shape index (κ3) is 2.64. The van der Waals surface area contributed by atoms with E-state index in [9.17, 15) is 8.78 Å². The zero-order valence-electron chi connectivity index (χ0n) is 8.22. The van der Waals surface area contributed by atoms with E-state index in [1.165, 1.54) is 0 Å². The van der Waals surface area contributed by atoms with Gasteiger partial charge in [-0.15, -0.1) is 0 Å². The smallest absolute Gasteiger partial charge is 0.130 e. The van der Waals surface area contributed by atoms with Crippen LogP contribution in [0.3, 0.4) is 0 Å². The van der Waals surface area contributed by atoms with Gasteiger partial charge in [-0.3, -0.25) is 0 Å². The minimum atomic E-state index is -0.449. The van der Waals surface area contributed by atoms with Crippen LogP contribution in [0.1, 0.15) is 19.4 Å². The van der Waals surface area contributed by atoms with Crippen molar-refractivity contribution in [2.75, 3.05) is 0 Å². The molecule has 1 atom stereocenters. The minimum absolute atomic E-state index is 0.155. The van der Waals surface area contributed by atoms with E-state index in [0.717, 1.165) is 23.8 Å². The Morgan fingerprint density at radius 3 is 2.64 bits per heavy atom. The zero-order valence-corrected chi connectivity index (χ0v) is 8.22. The Balaban J connectivity index is 3.07. The van der Waals surface area contributed by atoms with Crippen LogP contribution in [0.4, 0.5) is 8.78 Å². The Morgan fingerprint density at radius 1 is 1.43 bits per heavy atom. The summed E-state index contributed by atoms with van der Waals surface area (Å²) >= 11 is 0. The van der Waals surface area contributed by atoms with Crippen molar-refractivity contribution in [2.24, 2.45) is 5.73 Å². The van der Waals surface area contributed by atoms with Crippen LogP contribution in [0.25, 0.3) is 6.08 Å². The molecule has 3 heteroatoms. The molecule has 1 aromatic carbocycles. The summed E-state index contributed by atoms with van der Waals surface area (Å²) in [5.41, 5.74) is 6.64. The normalized spacial score (nSPS) is 14.2. The van der Waals surface area contributed by atoms with E-state index in [1.807, 2.05) is 0 Å². The van der Waals surface area contributed by atoms with Gasteiger partial charge in [0.1, 0.15) is 11.6 Å². The minimum Gasteiger partial charge on any atom is -0.324 e. The average molecular weight is 197 g/mol. The molecule has 0 heterocycles. The standard InChI is InChI=1S/C11H13F2N/c1-7(8(2)14)5-9-6-10(12)3-4-11(9)13/h3-6,8H,14H2,1-2H3/b7-5+. The maximum absolute atomic E-state index is 13.1. The fourth-order valence-corrected chi connectivity index (χ4v) is 1.00. The molecule has 0 spiro atoms. The predicted octanol–water partition coefficient (Wildman–Crippen LogP) is 2.72. The number of hydrogen-bond donors (Lipinski definition) is 1. The highest BCUT2D eigenvalue weighted by molar-refractivity contribution is 5.54. The first-order chi connectivity index (χ1) is 6.50. The maximum Gasteiger partial charge on any atom is 0.130 e. The molecular weight excluding hydrogens is 184 g/mol. The van der Waals surface area contributed by atoms with E-state index < -0.39 is 11.6 Å². The first kappa shape index (κ1) is 10.9. The van der Waals surface area contributed by atoms with E-state index in [1.54, 1.807) is 19.9 Å². The van der Waals surface area contributed by atoms with Crippen molar-refractivity contribution < 1.29 is 8.78 Å². The lowest BCUT2D eigenvalue weighted by molar-refractivity contribution is 0.597. The molecule has 0 bridgehead atoms. The van der Waals surface area contributed by atoms with Crippen LogP contribution >= 0.6 is 0 Å². The summed E-state index contributed by atoms with van der Waals surface area (Å²) in [6.07, 6.45) is 1.56. The molecule has 76 valence electrons. The quantitative estimate of drug-likeness (QED) is 0.775. The molecule has 1 aromatic rings. The Bertz CT molecular complexity index is 356. The molecule has 0 radical (unpaired) electrons. The van der Waals surface area contributed by atoms with Gasteiger partial charge < -0.3 is 5.73 Å². The lowest BCUT2D eigenvalue weighted by atomic mass is 10.1. The maximum atomic E-state index is 13.1. The van der Waals surface area contributed by atoms with Gasteiger partial charge in [0.25, 0.3) is 0 Å². The fourth-order valence-electron chi connectivity index (χ4n) is 1.00. The van der Waals surface area contributed by atoms with Gasteiger partial charge in [0, 0.05) is 11.6 Å². The van der Waals surface area contributed by atoms with Gasteiger partial charge in [-0.1, -0.05) is 11.6 Å². The van der Waals surface area contributed by atoms with Crippen molar-refractivity contribution in [3.63, 3.8) is 0 Å². The van der Waals surface area contributed by atoms with Crippen LogP contribution in [0.2, 0.25) is 0 Å². The molecule has 1 rings (SSSR count). The Hall–Kier alpha value is -1.22. The van der Waals surface area contributed by atoms with Crippen LogP contribution in [0, 0.1) is 11.6 Å². The fraction of sp³-hybridized carbons (Fsp3) is 0.273. The Labute approximate surface area is 82.2 Å². The molecule has 14 heavy (non-hydrogen) atoms. The van der Waals surface area contributed by atoms with Crippen molar-refractivity contribution in [1.82, 2.24) is 0 Å². The predicted molar refractivity (Wildman–Crippen MR) is 53.7 cm³/mol. The summed E-state index contributed by atoms with van der Waals surface area (Å²) in [4.78, 5) is 0. The molecule has 0 saturated heterocycles. The third-order valence-electron chi connectivity index (χ3n) is 2.06. The van der Waals surface area contributed by atoms with Crippen molar-refractivity contribution in [2.45, 2.75) is 19.9 Å². The van der Waals surface area contributed by atoms with Crippen LogP contribution in [0.15, 0.2) is 23.8 Å². The highest BCUT2D eigenvalue weighted by Gasteiger charge is 2.03. The SMILES string of the molecule is C/C(=C\c1cc(F)ccc1F)C(C)N. The molecule has 0 aliphatic carbocycles. The number of halogens is 2. The van der Waals surface area contributed by atoms with E-state index >= 15 is 0 Å². The number of hydrogen-bond acceptors (Lipinski definition) is 1. The van der Waals surface area contributed by atoms with Gasteiger partial charge in [0.2, 0.25) is 0 Å². The van der Waals surface area contributed by atoms with E-state index in [-0.39, 0.29) is 11.6 Å². The van der Waals surface area contributed by atoms with Gasteiger partial charge in [-0.05, 0) is 32.0 Å².